The van der Waals surface area contributed by atoms with Gasteiger partial charge in [-0.3, -0.25) is 9.88 Å². The van der Waals surface area contributed by atoms with E-state index in [0.29, 0.717) is 6.04 Å². The molecule has 1 aliphatic heterocycles. The third-order valence-electron chi connectivity index (χ3n) is 3.53. The molecule has 1 N–H and O–H groups in total. The Labute approximate surface area is 111 Å². The highest BCUT2D eigenvalue weighted by Gasteiger charge is 2.20. The van der Waals surface area contributed by atoms with Gasteiger partial charge >= 0.3 is 0 Å². The zero-order chi connectivity index (χ0) is 12.8. The predicted molar refractivity (Wildman–Crippen MR) is 75.4 cm³/mol. The third-order valence-corrected chi connectivity index (χ3v) is 3.53. The van der Waals surface area contributed by atoms with Crippen LogP contribution < -0.4 is 5.32 Å². The van der Waals surface area contributed by atoms with E-state index in [1.54, 1.807) is 0 Å². The lowest BCUT2D eigenvalue weighted by Gasteiger charge is -2.33. The largest absolute Gasteiger partial charge is 0.314 e. The zero-order valence-electron chi connectivity index (χ0n) is 11.6. The molecule has 18 heavy (non-hydrogen) atoms. The van der Waals surface area contributed by atoms with Gasteiger partial charge in [0.15, 0.2) is 0 Å². The molecule has 0 amide bonds. The molecule has 1 unspecified atom stereocenters. The SMILES string of the molecule is CC(C)NCC1CCCN(Cc2ccccn2)C1. The van der Waals surface area contributed by atoms with Crippen LogP contribution in [0.25, 0.3) is 0 Å². The molecule has 2 rings (SSSR count). The first-order valence-corrected chi connectivity index (χ1v) is 7.09. The molecule has 100 valence electrons. The van der Waals surface area contributed by atoms with Gasteiger partial charge in [0, 0.05) is 25.3 Å². The van der Waals surface area contributed by atoms with Crippen LogP contribution in [-0.4, -0.2) is 35.6 Å². The topological polar surface area (TPSA) is 28.2 Å². The molecule has 0 aromatic carbocycles. The van der Waals surface area contributed by atoms with E-state index < -0.39 is 0 Å². The first-order chi connectivity index (χ1) is 8.74. The molecular weight excluding hydrogens is 222 g/mol. The number of nitrogens with zero attached hydrogens (tertiary/aromatic N) is 2. The van der Waals surface area contributed by atoms with E-state index in [-0.39, 0.29) is 0 Å². The first kappa shape index (κ1) is 13.5. The van der Waals surface area contributed by atoms with Crippen molar-refractivity contribution in [1.82, 2.24) is 15.2 Å². The van der Waals surface area contributed by atoms with E-state index in [1.165, 1.54) is 31.6 Å². The maximum Gasteiger partial charge on any atom is 0.0543 e. The van der Waals surface area contributed by atoms with Gasteiger partial charge < -0.3 is 5.32 Å². The van der Waals surface area contributed by atoms with Crippen LogP contribution in [0.2, 0.25) is 0 Å². The average molecular weight is 247 g/mol. The number of hydrogen-bond acceptors (Lipinski definition) is 3. The second kappa shape index (κ2) is 6.86. The average Bonchev–Trinajstić information content (AvgIpc) is 2.38. The van der Waals surface area contributed by atoms with E-state index in [4.69, 9.17) is 0 Å². The minimum atomic E-state index is 0.594. The van der Waals surface area contributed by atoms with Gasteiger partial charge in [0.25, 0.3) is 0 Å². The molecule has 1 saturated heterocycles. The van der Waals surface area contributed by atoms with Crippen LogP contribution in [0.1, 0.15) is 32.4 Å². The minimum Gasteiger partial charge on any atom is -0.314 e. The van der Waals surface area contributed by atoms with Gasteiger partial charge in [-0.1, -0.05) is 19.9 Å². The molecule has 0 bridgehead atoms. The van der Waals surface area contributed by atoms with Gasteiger partial charge in [0.1, 0.15) is 0 Å². The van der Waals surface area contributed by atoms with Crippen LogP contribution >= 0.6 is 0 Å². The summed E-state index contributed by atoms with van der Waals surface area (Å²) < 4.78 is 0. The highest BCUT2D eigenvalue weighted by atomic mass is 15.1. The molecule has 1 aromatic heterocycles. The summed E-state index contributed by atoms with van der Waals surface area (Å²) in [5, 5.41) is 3.56. The quantitative estimate of drug-likeness (QED) is 0.865. The van der Waals surface area contributed by atoms with Crippen molar-refractivity contribution in [3.63, 3.8) is 0 Å². The number of nitrogens with one attached hydrogen (secondary N) is 1. The van der Waals surface area contributed by atoms with Crippen molar-refractivity contribution in [2.45, 2.75) is 39.3 Å². The Balaban J connectivity index is 1.79. The Bertz CT molecular complexity index is 337. The lowest BCUT2D eigenvalue weighted by Crippen LogP contribution is -2.40. The van der Waals surface area contributed by atoms with Crippen LogP contribution in [0.4, 0.5) is 0 Å². The minimum absolute atomic E-state index is 0.594. The number of hydrogen-bond donors (Lipinski definition) is 1. The molecule has 1 fully saturated rings. The Morgan fingerprint density at radius 3 is 3.06 bits per heavy atom. The van der Waals surface area contributed by atoms with Crippen LogP contribution in [0.15, 0.2) is 24.4 Å². The van der Waals surface area contributed by atoms with E-state index in [9.17, 15) is 0 Å². The van der Waals surface area contributed by atoms with E-state index in [0.717, 1.165) is 19.0 Å². The van der Waals surface area contributed by atoms with Gasteiger partial charge in [0.2, 0.25) is 0 Å². The molecule has 3 nitrogen and oxygen atoms in total. The molecule has 2 heterocycles. The van der Waals surface area contributed by atoms with E-state index >= 15 is 0 Å². The predicted octanol–water partition coefficient (Wildman–Crippen LogP) is 2.29. The maximum absolute atomic E-state index is 4.41. The fourth-order valence-electron chi connectivity index (χ4n) is 2.58. The molecule has 0 saturated carbocycles. The van der Waals surface area contributed by atoms with Crippen molar-refractivity contribution < 1.29 is 0 Å². The first-order valence-electron chi connectivity index (χ1n) is 7.09. The zero-order valence-corrected chi connectivity index (χ0v) is 11.6. The fourth-order valence-corrected chi connectivity index (χ4v) is 2.58. The second-order valence-corrected chi connectivity index (χ2v) is 5.63. The van der Waals surface area contributed by atoms with Crippen molar-refractivity contribution in [3.8, 4) is 0 Å². The fraction of sp³-hybridized carbons (Fsp3) is 0.667. The highest BCUT2D eigenvalue weighted by Crippen LogP contribution is 2.17. The summed E-state index contributed by atoms with van der Waals surface area (Å²) in [6.45, 7) is 9.00. The van der Waals surface area contributed by atoms with Gasteiger partial charge in [-0.05, 0) is 44.0 Å². The van der Waals surface area contributed by atoms with Crippen molar-refractivity contribution >= 4 is 0 Å². The Hall–Kier alpha value is -0.930. The summed E-state index contributed by atoms with van der Waals surface area (Å²) in [5.41, 5.74) is 1.19. The molecule has 1 aliphatic rings. The summed E-state index contributed by atoms with van der Waals surface area (Å²) in [7, 11) is 0. The number of piperidine rings is 1. The standard InChI is InChI=1S/C15H25N3/c1-13(2)17-10-14-6-5-9-18(11-14)12-15-7-3-4-8-16-15/h3-4,7-8,13-14,17H,5-6,9-12H2,1-2H3. The molecule has 0 aliphatic carbocycles. The molecule has 0 radical (unpaired) electrons. The number of likely N-dealkylation sites (tertiary alicyclic amines) is 1. The Kier molecular flexibility index (Phi) is 5.14. The number of aromatic nitrogens is 1. The third kappa shape index (κ3) is 4.39. The molecule has 3 heteroatoms. The van der Waals surface area contributed by atoms with E-state index in [2.05, 4.69) is 41.2 Å². The van der Waals surface area contributed by atoms with Crippen molar-refractivity contribution in [3.05, 3.63) is 30.1 Å². The monoisotopic (exact) mass is 247 g/mol. The lowest BCUT2D eigenvalue weighted by molar-refractivity contribution is 0.162. The van der Waals surface area contributed by atoms with Gasteiger partial charge in [-0.15, -0.1) is 0 Å². The van der Waals surface area contributed by atoms with Crippen molar-refractivity contribution in [1.29, 1.82) is 0 Å². The van der Waals surface area contributed by atoms with Crippen molar-refractivity contribution in [2.75, 3.05) is 19.6 Å². The summed E-state index contributed by atoms with van der Waals surface area (Å²) in [6.07, 6.45) is 4.56. The summed E-state index contributed by atoms with van der Waals surface area (Å²) >= 11 is 0. The highest BCUT2D eigenvalue weighted by molar-refractivity contribution is 5.03. The number of rotatable bonds is 5. The van der Waals surface area contributed by atoms with Crippen LogP contribution in [0.3, 0.4) is 0 Å². The van der Waals surface area contributed by atoms with Crippen LogP contribution in [0, 0.1) is 5.92 Å². The smallest absolute Gasteiger partial charge is 0.0543 e. The molecule has 1 atom stereocenters. The summed E-state index contributed by atoms with van der Waals surface area (Å²) in [4.78, 5) is 6.95. The normalized spacial score (nSPS) is 21.4. The summed E-state index contributed by atoms with van der Waals surface area (Å²) in [6, 6.07) is 6.77. The van der Waals surface area contributed by atoms with Crippen LogP contribution in [0.5, 0.6) is 0 Å². The van der Waals surface area contributed by atoms with Gasteiger partial charge in [-0.2, -0.15) is 0 Å². The number of pyridine rings is 1. The molecular formula is C15H25N3. The molecule has 1 aromatic rings. The van der Waals surface area contributed by atoms with Gasteiger partial charge in [-0.25, -0.2) is 0 Å². The lowest BCUT2D eigenvalue weighted by atomic mass is 9.97. The van der Waals surface area contributed by atoms with Gasteiger partial charge in [0.05, 0.1) is 5.69 Å². The second-order valence-electron chi connectivity index (χ2n) is 5.63. The maximum atomic E-state index is 4.41. The Morgan fingerprint density at radius 1 is 1.44 bits per heavy atom. The Morgan fingerprint density at radius 2 is 2.33 bits per heavy atom. The van der Waals surface area contributed by atoms with Crippen molar-refractivity contribution in [2.24, 2.45) is 5.92 Å². The molecule has 0 spiro atoms. The van der Waals surface area contributed by atoms with E-state index in [1.807, 2.05) is 12.3 Å². The van der Waals surface area contributed by atoms with Crippen LogP contribution in [-0.2, 0) is 6.54 Å². The summed E-state index contributed by atoms with van der Waals surface area (Å²) in [5.74, 6) is 0.796.